The van der Waals surface area contributed by atoms with E-state index in [1.807, 2.05) is 13.8 Å². The number of carbonyl (C=O) groups is 4. The highest BCUT2D eigenvalue weighted by Gasteiger charge is 2.37. The third kappa shape index (κ3) is 6.60. The number of nitrogens with zero attached hydrogens (tertiary/aromatic N) is 1. The van der Waals surface area contributed by atoms with E-state index in [4.69, 9.17) is 9.47 Å². The van der Waals surface area contributed by atoms with Gasteiger partial charge in [-0.1, -0.05) is 20.8 Å². The third-order valence-corrected chi connectivity index (χ3v) is 4.98. The number of hydrogen-bond donors (Lipinski definition) is 1. The molecule has 3 amide bonds. The number of amides is 3. The first-order valence-corrected chi connectivity index (χ1v) is 10.0. The predicted molar refractivity (Wildman–Crippen MR) is 97.9 cm³/mol. The smallest absolute Gasteiger partial charge is 0.407 e. The molecule has 1 saturated heterocycles. The first-order valence-electron chi connectivity index (χ1n) is 8.72. The second-order valence-corrected chi connectivity index (χ2v) is 7.29. The van der Waals surface area contributed by atoms with Crippen molar-refractivity contribution in [2.45, 2.75) is 44.9 Å². The van der Waals surface area contributed by atoms with Gasteiger partial charge in [0.05, 0.1) is 31.1 Å². The van der Waals surface area contributed by atoms with Crippen LogP contribution in [0.5, 0.6) is 0 Å². The summed E-state index contributed by atoms with van der Waals surface area (Å²) in [6.45, 7) is 5.99. The highest BCUT2D eigenvalue weighted by atomic mass is 32.2. The van der Waals surface area contributed by atoms with E-state index in [0.29, 0.717) is 6.42 Å². The maximum absolute atomic E-state index is 11.9. The molecule has 0 aromatic carbocycles. The van der Waals surface area contributed by atoms with Crippen molar-refractivity contribution in [2.24, 2.45) is 5.92 Å². The molecule has 0 radical (unpaired) electrons. The minimum atomic E-state index is -0.665. The van der Waals surface area contributed by atoms with Gasteiger partial charge in [0.1, 0.15) is 6.61 Å². The highest BCUT2D eigenvalue weighted by molar-refractivity contribution is 8.00. The Kier molecular flexibility index (Phi) is 9.64. The van der Waals surface area contributed by atoms with Crippen LogP contribution in [-0.2, 0) is 23.9 Å². The van der Waals surface area contributed by atoms with E-state index in [0.717, 1.165) is 0 Å². The third-order valence-electron chi connectivity index (χ3n) is 4.04. The van der Waals surface area contributed by atoms with Crippen LogP contribution in [0.25, 0.3) is 0 Å². The summed E-state index contributed by atoms with van der Waals surface area (Å²) >= 11 is 1.37. The number of ketones is 1. The lowest BCUT2D eigenvalue weighted by Gasteiger charge is -2.20. The second kappa shape index (κ2) is 11.2. The molecule has 9 heteroatoms. The van der Waals surface area contributed by atoms with Gasteiger partial charge in [0.15, 0.2) is 5.78 Å². The van der Waals surface area contributed by atoms with Crippen molar-refractivity contribution in [3.05, 3.63) is 0 Å². The fraction of sp³-hybridized carbons (Fsp3) is 0.765. The molecule has 26 heavy (non-hydrogen) atoms. The molecular weight excluding hydrogens is 360 g/mol. The molecule has 0 spiro atoms. The van der Waals surface area contributed by atoms with Crippen LogP contribution >= 0.6 is 11.8 Å². The summed E-state index contributed by atoms with van der Waals surface area (Å²) in [6.07, 6.45) is 1.71. The largest absolute Gasteiger partial charge is 0.447 e. The van der Waals surface area contributed by atoms with Crippen LogP contribution in [0, 0.1) is 5.92 Å². The Morgan fingerprint density at radius 2 is 1.96 bits per heavy atom. The quantitative estimate of drug-likeness (QED) is 0.419. The topological polar surface area (TPSA) is 102 Å². The number of thioether (sulfide) groups is 1. The molecular formula is C17H28N2O6S. The van der Waals surface area contributed by atoms with Gasteiger partial charge in [-0.2, -0.15) is 11.8 Å². The Hall–Kier alpha value is -1.61. The fourth-order valence-electron chi connectivity index (χ4n) is 2.53. The predicted octanol–water partition coefficient (Wildman–Crippen LogP) is 1.22. The first kappa shape index (κ1) is 22.4. The molecule has 0 aliphatic carbocycles. The molecule has 2 atom stereocenters. The van der Waals surface area contributed by atoms with Crippen molar-refractivity contribution in [3.8, 4) is 0 Å². The average molecular weight is 388 g/mol. The van der Waals surface area contributed by atoms with Gasteiger partial charge in [-0.15, -0.1) is 0 Å². The summed E-state index contributed by atoms with van der Waals surface area (Å²) in [4.78, 5) is 48.4. The van der Waals surface area contributed by atoms with Crippen LogP contribution < -0.4 is 5.32 Å². The van der Waals surface area contributed by atoms with E-state index in [9.17, 15) is 19.2 Å². The average Bonchev–Trinajstić information content (AvgIpc) is 2.88. The van der Waals surface area contributed by atoms with Crippen molar-refractivity contribution >= 4 is 35.5 Å². The van der Waals surface area contributed by atoms with Crippen molar-refractivity contribution in [1.29, 1.82) is 0 Å². The molecule has 0 bridgehead atoms. The van der Waals surface area contributed by atoms with E-state index in [2.05, 4.69) is 5.32 Å². The Labute approximate surface area is 158 Å². The van der Waals surface area contributed by atoms with E-state index in [1.165, 1.54) is 16.7 Å². The first-order chi connectivity index (χ1) is 12.3. The van der Waals surface area contributed by atoms with Crippen LogP contribution in [-0.4, -0.2) is 72.5 Å². The molecule has 1 rings (SSSR count). The molecule has 8 nitrogen and oxygen atoms in total. The van der Waals surface area contributed by atoms with Crippen LogP contribution in [0.1, 0.15) is 33.6 Å². The zero-order valence-corrected chi connectivity index (χ0v) is 16.6. The van der Waals surface area contributed by atoms with E-state index < -0.39 is 12.1 Å². The van der Waals surface area contributed by atoms with Crippen LogP contribution in [0.2, 0.25) is 0 Å². The summed E-state index contributed by atoms with van der Waals surface area (Å²) in [5, 5.41) is 2.26. The normalized spacial score (nSPS) is 18.3. The molecule has 0 aromatic heterocycles. The van der Waals surface area contributed by atoms with Crippen molar-refractivity contribution < 1.29 is 28.7 Å². The van der Waals surface area contributed by atoms with Crippen LogP contribution in [0.4, 0.5) is 4.79 Å². The van der Waals surface area contributed by atoms with E-state index >= 15 is 0 Å². The van der Waals surface area contributed by atoms with E-state index in [-0.39, 0.29) is 61.6 Å². The molecule has 1 unspecified atom stereocenters. The molecule has 0 saturated carbocycles. The van der Waals surface area contributed by atoms with Crippen LogP contribution in [0.3, 0.4) is 0 Å². The summed E-state index contributed by atoms with van der Waals surface area (Å²) < 4.78 is 10.3. The molecule has 1 heterocycles. The lowest BCUT2D eigenvalue weighted by atomic mass is 9.99. The minimum absolute atomic E-state index is 0.0201. The molecule has 1 aliphatic rings. The zero-order valence-electron chi connectivity index (χ0n) is 15.8. The number of nitrogens with one attached hydrogen (secondary N) is 1. The van der Waals surface area contributed by atoms with Gasteiger partial charge in [0.2, 0.25) is 11.8 Å². The van der Waals surface area contributed by atoms with Crippen molar-refractivity contribution in [2.75, 3.05) is 32.6 Å². The van der Waals surface area contributed by atoms with Gasteiger partial charge in [-0.25, -0.2) is 4.79 Å². The van der Waals surface area contributed by atoms with Crippen molar-refractivity contribution in [3.63, 3.8) is 0 Å². The molecule has 1 fully saturated rings. The molecule has 0 aromatic rings. The summed E-state index contributed by atoms with van der Waals surface area (Å²) in [7, 11) is 0. The Bertz CT molecular complexity index is 525. The standard InChI is InChI=1S/C17H28N2O6S/c1-5-12(20)15(11(2)3)18-17(23)25-9-8-24-7-6-19-14(21)10-13(26-4)16(19)22/h11,13,15H,5-10H2,1-4H3,(H,18,23)/t13?,15-/m0/s1. The lowest BCUT2D eigenvalue weighted by molar-refractivity contribution is -0.139. The van der Waals surface area contributed by atoms with Gasteiger partial charge in [-0.05, 0) is 12.2 Å². The minimum Gasteiger partial charge on any atom is -0.447 e. The Balaban J connectivity index is 2.20. The van der Waals surface area contributed by atoms with Gasteiger partial charge in [0, 0.05) is 12.8 Å². The fourth-order valence-corrected chi connectivity index (χ4v) is 3.17. The van der Waals surface area contributed by atoms with Crippen molar-refractivity contribution in [1.82, 2.24) is 10.2 Å². The highest BCUT2D eigenvalue weighted by Crippen LogP contribution is 2.22. The Morgan fingerprint density at radius 1 is 1.27 bits per heavy atom. The summed E-state index contributed by atoms with van der Waals surface area (Å²) in [5.41, 5.74) is 0. The molecule has 1 N–H and O–H groups in total. The van der Waals surface area contributed by atoms with Gasteiger partial charge < -0.3 is 14.8 Å². The number of Topliss-reactive ketones (excluding diaryl/α,β-unsaturated/α-hetero) is 1. The maximum Gasteiger partial charge on any atom is 0.407 e. The number of carbonyl (C=O) groups excluding carboxylic acids is 4. The second-order valence-electron chi connectivity index (χ2n) is 6.25. The van der Waals surface area contributed by atoms with Crippen LogP contribution in [0.15, 0.2) is 0 Å². The number of alkyl carbamates (subject to hydrolysis) is 1. The molecule has 148 valence electrons. The lowest BCUT2D eigenvalue weighted by Crippen LogP contribution is -2.44. The SMILES string of the molecule is CCC(=O)[C@@H](NC(=O)OCCOCCN1C(=O)CC(SC)C1=O)C(C)C. The zero-order chi connectivity index (χ0) is 19.7. The number of imide groups is 1. The number of ether oxygens (including phenoxy) is 2. The monoisotopic (exact) mass is 388 g/mol. The van der Waals surface area contributed by atoms with Gasteiger partial charge in [0.25, 0.3) is 0 Å². The summed E-state index contributed by atoms with van der Waals surface area (Å²) in [6, 6.07) is -0.565. The Morgan fingerprint density at radius 3 is 2.50 bits per heavy atom. The number of hydrogen-bond acceptors (Lipinski definition) is 7. The van der Waals surface area contributed by atoms with E-state index in [1.54, 1.807) is 13.2 Å². The maximum atomic E-state index is 11.9. The van der Waals surface area contributed by atoms with Gasteiger partial charge in [-0.3, -0.25) is 19.3 Å². The van der Waals surface area contributed by atoms with Gasteiger partial charge >= 0.3 is 6.09 Å². The number of likely N-dealkylation sites (tertiary alicyclic amines) is 1. The summed E-state index contributed by atoms with van der Waals surface area (Å²) in [5.74, 6) is -0.431. The molecule has 1 aliphatic heterocycles. The number of rotatable bonds is 11.